The van der Waals surface area contributed by atoms with Gasteiger partial charge in [-0.05, 0) is 18.2 Å². The van der Waals surface area contributed by atoms with E-state index in [2.05, 4.69) is 15.5 Å². The Labute approximate surface area is 147 Å². The molecule has 0 aliphatic carbocycles. The minimum absolute atomic E-state index is 0.135. The van der Waals surface area contributed by atoms with Gasteiger partial charge in [0, 0.05) is 21.9 Å². The fourth-order valence-electron chi connectivity index (χ4n) is 2.05. The maximum Gasteiger partial charge on any atom is 0.304 e. The van der Waals surface area contributed by atoms with Gasteiger partial charge in [-0.2, -0.15) is 0 Å². The number of hydrogen-bond acceptors (Lipinski definition) is 6. The molecule has 0 unspecified atom stereocenters. The first-order chi connectivity index (χ1) is 11.7. The highest BCUT2D eigenvalue weighted by molar-refractivity contribution is 7.99. The van der Waals surface area contributed by atoms with Gasteiger partial charge in [-0.1, -0.05) is 47.7 Å². The van der Waals surface area contributed by atoms with Crippen LogP contribution in [0.25, 0.3) is 10.6 Å². The quantitative estimate of drug-likeness (QED) is 0.606. The van der Waals surface area contributed by atoms with Crippen LogP contribution in [-0.4, -0.2) is 27.0 Å². The molecule has 7 heteroatoms. The SMILES string of the molecule is O=C(O)CCSc1ccccc1-c1nnc(Nc2ccccc2)s1. The number of aliphatic carboxylic acids is 1. The van der Waals surface area contributed by atoms with Crippen LogP contribution in [0.4, 0.5) is 10.8 Å². The Hall–Kier alpha value is -2.38. The van der Waals surface area contributed by atoms with Gasteiger partial charge in [-0.15, -0.1) is 22.0 Å². The Balaban J connectivity index is 1.76. The number of benzene rings is 2. The first kappa shape index (κ1) is 16.5. The van der Waals surface area contributed by atoms with Crippen LogP contribution in [0, 0.1) is 0 Å². The molecule has 0 atom stereocenters. The molecule has 0 fully saturated rings. The number of nitrogens with zero attached hydrogens (tertiary/aromatic N) is 2. The average molecular weight is 357 g/mol. The fraction of sp³-hybridized carbons (Fsp3) is 0.118. The predicted molar refractivity (Wildman–Crippen MR) is 98.0 cm³/mol. The maximum atomic E-state index is 10.7. The van der Waals surface area contributed by atoms with E-state index in [9.17, 15) is 4.79 Å². The number of hydrogen-bond donors (Lipinski definition) is 2. The van der Waals surface area contributed by atoms with Crippen molar-refractivity contribution in [3.63, 3.8) is 0 Å². The van der Waals surface area contributed by atoms with Crippen molar-refractivity contribution < 1.29 is 9.90 Å². The van der Waals surface area contributed by atoms with Crippen LogP contribution < -0.4 is 5.32 Å². The first-order valence-electron chi connectivity index (χ1n) is 7.32. The van der Waals surface area contributed by atoms with Gasteiger partial charge in [0.15, 0.2) is 5.01 Å². The van der Waals surface area contributed by atoms with E-state index in [1.165, 1.54) is 23.1 Å². The normalized spacial score (nSPS) is 10.5. The smallest absolute Gasteiger partial charge is 0.304 e. The van der Waals surface area contributed by atoms with Crippen LogP contribution in [0.5, 0.6) is 0 Å². The van der Waals surface area contributed by atoms with Crippen molar-refractivity contribution in [3.05, 3.63) is 54.6 Å². The maximum absolute atomic E-state index is 10.7. The minimum Gasteiger partial charge on any atom is -0.481 e. The highest BCUT2D eigenvalue weighted by atomic mass is 32.2. The standard InChI is InChI=1S/C17H15N3O2S2/c21-15(22)10-11-23-14-9-5-4-8-13(14)16-19-20-17(24-16)18-12-6-2-1-3-7-12/h1-9H,10-11H2,(H,18,20)(H,21,22). The molecule has 0 aliphatic rings. The van der Waals surface area contributed by atoms with Crippen LogP contribution in [-0.2, 0) is 4.79 Å². The first-order valence-corrected chi connectivity index (χ1v) is 9.12. The lowest BCUT2D eigenvalue weighted by Crippen LogP contribution is -1.96. The monoisotopic (exact) mass is 357 g/mol. The third kappa shape index (κ3) is 4.33. The Morgan fingerprint density at radius 2 is 1.83 bits per heavy atom. The minimum atomic E-state index is -0.787. The van der Waals surface area contributed by atoms with Crippen molar-refractivity contribution in [2.24, 2.45) is 0 Å². The number of para-hydroxylation sites is 1. The summed E-state index contributed by atoms with van der Waals surface area (Å²) >= 11 is 2.99. The largest absolute Gasteiger partial charge is 0.481 e. The molecule has 5 nitrogen and oxygen atoms in total. The van der Waals surface area contributed by atoms with E-state index in [0.717, 1.165) is 26.3 Å². The topological polar surface area (TPSA) is 75.1 Å². The van der Waals surface area contributed by atoms with Gasteiger partial charge in [0.25, 0.3) is 0 Å². The predicted octanol–water partition coefficient (Wildman–Crippen LogP) is 4.52. The second-order valence-corrected chi connectivity index (χ2v) is 7.01. The van der Waals surface area contributed by atoms with Crippen molar-refractivity contribution in [2.45, 2.75) is 11.3 Å². The summed E-state index contributed by atoms with van der Waals surface area (Å²) in [6.07, 6.45) is 0.135. The van der Waals surface area contributed by atoms with E-state index in [4.69, 9.17) is 5.11 Å². The van der Waals surface area contributed by atoms with Crippen LogP contribution in [0.15, 0.2) is 59.5 Å². The second-order valence-electron chi connectivity index (χ2n) is 4.89. The summed E-state index contributed by atoms with van der Waals surface area (Å²) < 4.78 is 0. The van der Waals surface area contributed by atoms with Gasteiger partial charge < -0.3 is 10.4 Å². The molecule has 2 aromatic carbocycles. The summed E-state index contributed by atoms with van der Waals surface area (Å²) in [6.45, 7) is 0. The number of rotatable bonds is 7. The number of nitrogens with one attached hydrogen (secondary N) is 1. The van der Waals surface area contributed by atoms with E-state index < -0.39 is 5.97 Å². The number of aromatic nitrogens is 2. The van der Waals surface area contributed by atoms with Crippen LogP contribution in [0.2, 0.25) is 0 Å². The number of carboxylic acid groups (broad SMARTS) is 1. The van der Waals surface area contributed by atoms with Gasteiger partial charge in [0.2, 0.25) is 5.13 Å². The lowest BCUT2D eigenvalue weighted by Gasteiger charge is -2.05. The molecule has 0 bridgehead atoms. The van der Waals surface area contributed by atoms with Crippen LogP contribution in [0.3, 0.4) is 0 Å². The van der Waals surface area contributed by atoms with E-state index >= 15 is 0 Å². The number of anilines is 2. The van der Waals surface area contributed by atoms with Crippen molar-refractivity contribution in [3.8, 4) is 10.6 Å². The van der Waals surface area contributed by atoms with Crippen molar-refractivity contribution >= 4 is 39.9 Å². The molecular formula is C17H15N3O2S2. The highest BCUT2D eigenvalue weighted by Gasteiger charge is 2.11. The lowest BCUT2D eigenvalue weighted by molar-refractivity contribution is -0.136. The molecule has 0 amide bonds. The summed E-state index contributed by atoms with van der Waals surface area (Å²) in [4.78, 5) is 11.7. The summed E-state index contributed by atoms with van der Waals surface area (Å²) in [7, 11) is 0. The van der Waals surface area contributed by atoms with Gasteiger partial charge in [0.1, 0.15) is 0 Å². The molecule has 122 valence electrons. The molecule has 24 heavy (non-hydrogen) atoms. The Kier molecular flexibility index (Phi) is 5.45. The van der Waals surface area contributed by atoms with Crippen molar-refractivity contribution in [1.29, 1.82) is 0 Å². The molecule has 0 radical (unpaired) electrons. The average Bonchev–Trinajstić information content (AvgIpc) is 3.04. The van der Waals surface area contributed by atoms with Gasteiger partial charge in [-0.25, -0.2) is 0 Å². The van der Waals surface area contributed by atoms with E-state index in [0.29, 0.717) is 5.75 Å². The molecule has 0 aliphatic heterocycles. The molecule has 1 heterocycles. The number of carbonyl (C=O) groups is 1. The van der Waals surface area contributed by atoms with E-state index in [1.54, 1.807) is 0 Å². The molecule has 1 aromatic heterocycles. The highest BCUT2D eigenvalue weighted by Crippen LogP contribution is 2.35. The lowest BCUT2D eigenvalue weighted by atomic mass is 10.2. The molecule has 0 saturated heterocycles. The third-order valence-electron chi connectivity index (χ3n) is 3.14. The summed E-state index contributed by atoms with van der Waals surface area (Å²) in [5.74, 6) is -0.259. The fourth-order valence-corrected chi connectivity index (χ4v) is 3.90. The Bertz CT molecular complexity index is 821. The molecule has 3 rings (SSSR count). The number of thioether (sulfide) groups is 1. The zero-order valence-electron chi connectivity index (χ0n) is 12.7. The molecule has 2 N–H and O–H groups in total. The van der Waals surface area contributed by atoms with E-state index in [1.807, 2.05) is 54.6 Å². The summed E-state index contributed by atoms with van der Waals surface area (Å²) in [6, 6.07) is 17.7. The zero-order chi connectivity index (χ0) is 16.8. The van der Waals surface area contributed by atoms with Crippen LogP contribution >= 0.6 is 23.1 Å². The number of carboxylic acids is 1. The van der Waals surface area contributed by atoms with Gasteiger partial charge >= 0.3 is 5.97 Å². The summed E-state index contributed by atoms with van der Waals surface area (Å²) in [5, 5.41) is 22.0. The molecule has 0 saturated carbocycles. The Morgan fingerprint density at radius 3 is 2.62 bits per heavy atom. The van der Waals surface area contributed by atoms with Crippen molar-refractivity contribution in [1.82, 2.24) is 10.2 Å². The summed E-state index contributed by atoms with van der Waals surface area (Å²) in [5.41, 5.74) is 1.94. The Morgan fingerprint density at radius 1 is 1.08 bits per heavy atom. The van der Waals surface area contributed by atoms with Crippen LogP contribution in [0.1, 0.15) is 6.42 Å². The zero-order valence-corrected chi connectivity index (χ0v) is 14.3. The third-order valence-corrected chi connectivity index (χ3v) is 5.09. The van der Waals surface area contributed by atoms with Gasteiger partial charge in [0.05, 0.1) is 6.42 Å². The molecular weight excluding hydrogens is 342 g/mol. The second kappa shape index (κ2) is 7.94. The van der Waals surface area contributed by atoms with E-state index in [-0.39, 0.29) is 6.42 Å². The van der Waals surface area contributed by atoms with Crippen molar-refractivity contribution in [2.75, 3.05) is 11.1 Å². The molecule has 0 spiro atoms. The molecule has 3 aromatic rings. The van der Waals surface area contributed by atoms with Gasteiger partial charge in [-0.3, -0.25) is 4.79 Å².